The molecule has 1 fully saturated rings. The third kappa shape index (κ3) is 3.51. The van der Waals surface area contributed by atoms with Crippen LogP contribution >= 0.6 is 11.6 Å². The van der Waals surface area contributed by atoms with Gasteiger partial charge in [-0.2, -0.15) is 15.0 Å². The molecule has 112 valence electrons. The van der Waals surface area contributed by atoms with E-state index in [1.807, 2.05) is 13.8 Å². The normalized spacial score (nSPS) is 26.9. The third-order valence-corrected chi connectivity index (χ3v) is 3.94. The Morgan fingerprint density at radius 3 is 2.55 bits per heavy atom. The van der Waals surface area contributed by atoms with Crippen LogP contribution in [0.2, 0.25) is 5.28 Å². The maximum Gasteiger partial charge on any atom is 0.322 e. The zero-order valence-electron chi connectivity index (χ0n) is 12.8. The minimum absolute atomic E-state index is 0.0120. The van der Waals surface area contributed by atoms with E-state index < -0.39 is 0 Å². The van der Waals surface area contributed by atoms with Crippen molar-refractivity contribution in [3.05, 3.63) is 5.28 Å². The molecular formula is C14H23ClN4O. The lowest BCUT2D eigenvalue weighted by atomic mass is 9.86. The second kappa shape index (κ2) is 6.12. The summed E-state index contributed by atoms with van der Waals surface area (Å²) in [6.07, 6.45) is 1.24. The summed E-state index contributed by atoms with van der Waals surface area (Å²) in [4.78, 5) is 14.9. The third-order valence-electron chi connectivity index (χ3n) is 3.77. The van der Waals surface area contributed by atoms with Gasteiger partial charge in [0.25, 0.3) is 0 Å². The number of hydrogen-bond acceptors (Lipinski definition) is 5. The van der Waals surface area contributed by atoms with E-state index >= 15 is 0 Å². The number of piperidine rings is 1. The monoisotopic (exact) mass is 298 g/mol. The van der Waals surface area contributed by atoms with Crippen molar-refractivity contribution in [2.75, 3.05) is 11.4 Å². The van der Waals surface area contributed by atoms with Crippen LogP contribution in [-0.2, 0) is 0 Å². The summed E-state index contributed by atoms with van der Waals surface area (Å²) in [5.41, 5.74) is 0. The van der Waals surface area contributed by atoms with Gasteiger partial charge in [0.15, 0.2) is 0 Å². The van der Waals surface area contributed by atoms with Crippen LogP contribution in [-0.4, -0.2) is 33.6 Å². The van der Waals surface area contributed by atoms with Crippen LogP contribution in [0.1, 0.15) is 41.0 Å². The zero-order chi connectivity index (χ0) is 14.9. The van der Waals surface area contributed by atoms with E-state index in [4.69, 9.17) is 16.3 Å². The summed E-state index contributed by atoms with van der Waals surface area (Å²) >= 11 is 6.00. The van der Waals surface area contributed by atoms with Crippen molar-refractivity contribution in [1.29, 1.82) is 0 Å². The predicted octanol–water partition coefficient (Wildman–Crippen LogP) is 3.18. The van der Waals surface area contributed by atoms with Gasteiger partial charge in [-0.15, -0.1) is 0 Å². The Bertz CT molecular complexity index is 468. The molecule has 2 rings (SSSR count). The van der Waals surface area contributed by atoms with E-state index in [9.17, 15) is 0 Å². The highest BCUT2D eigenvalue weighted by molar-refractivity contribution is 6.28. The molecule has 1 aromatic heterocycles. The number of nitrogens with zero attached hydrogens (tertiary/aromatic N) is 4. The van der Waals surface area contributed by atoms with Crippen LogP contribution in [0.25, 0.3) is 0 Å². The maximum absolute atomic E-state index is 6.00. The Hall–Kier alpha value is -1.10. The van der Waals surface area contributed by atoms with Gasteiger partial charge in [0.1, 0.15) is 0 Å². The standard InChI is InChI=1S/C14H23ClN4O/c1-8(2)20-14-17-12(15)16-13(18-14)19-7-9(3)6-10(4)11(19)5/h8-11H,6-7H2,1-5H3. The van der Waals surface area contributed by atoms with E-state index in [0.29, 0.717) is 29.8 Å². The van der Waals surface area contributed by atoms with E-state index in [0.717, 1.165) is 6.54 Å². The van der Waals surface area contributed by atoms with E-state index in [2.05, 4.69) is 40.6 Å². The van der Waals surface area contributed by atoms with Crippen LogP contribution < -0.4 is 9.64 Å². The summed E-state index contributed by atoms with van der Waals surface area (Å²) in [5.74, 6) is 1.83. The lowest BCUT2D eigenvalue weighted by molar-refractivity contribution is 0.220. The number of aromatic nitrogens is 3. The van der Waals surface area contributed by atoms with Gasteiger partial charge in [0, 0.05) is 12.6 Å². The van der Waals surface area contributed by atoms with Crippen LogP contribution in [0.5, 0.6) is 6.01 Å². The SMILES string of the molecule is CC1CC(C)C(C)N(c2nc(Cl)nc(OC(C)C)n2)C1. The van der Waals surface area contributed by atoms with Crippen molar-refractivity contribution in [2.24, 2.45) is 11.8 Å². The van der Waals surface area contributed by atoms with Crippen molar-refractivity contribution < 1.29 is 4.74 Å². The smallest absolute Gasteiger partial charge is 0.322 e. The zero-order valence-corrected chi connectivity index (χ0v) is 13.6. The van der Waals surface area contributed by atoms with Crippen LogP contribution in [0.4, 0.5) is 5.95 Å². The molecule has 0 bridgehead atoms. The summed E-state index contributed by atoms with van der Waals surface area (Å²) in [5, 5.41) is 0.184. The number of anilines is 1. The van der Waals surface area contributed by atoms with Crippen molar-refractivity contribution in [2.45, 2.75) is 53.2 Å². The van der Waals surface area contributed by atoms with Crippen LogP contribution in [0, 0.1) is 11.8 Å². The van der Waals surface area contributed by atoms with Crippen molar-refractivity contribution in [1.82, 2.24) is 15.0 Å². The molecule has 1 aliphatic heterocycles. The molecule has 6 heteroatoms. The fourth-order valence-corrected chi connectivity index (χ4v) is 2.84. The molecule has 3 atom stereocenters. The molecule has 0 aromatic carbocycles. The average Bonchev–Trinajstić information content (AvgIpc) is 2.32. The molecule has 0 radical (unpaired) electrons. The van der Waals surface area contributed by atoms with Gasteiger partial charge in [-0.25, -0.2) is 0 Å². The molecule has 0 saturated carbocycles. The molecule has 0 aliphatic carbocycles. The van der Waals surface area contributed by atoms with E-state index in [-0.39, 0.29) is 11.4 Å². The second-order valence-corrected chi connectivity index (χ2v) is 6.40. The first-order valence-electron chi connectivity index (χ1n) is 7.21. The Kier molecular flexibility index (Phi) is 4.68. The van der Waals surface area contributed by atoms with Gasteiger partial charge in [0.05, 0.1) is 6.10 Å². The fraction of sp³-hybridized carbons (Fsp3) is 0.786. The molecule has 5 nitrogen and oxygen atoms in total. The van der Waals surface area contributed by atoms with Gasteiger partial charge in [-0.05, 0) is 50.6 Å². The molecule has 0 N–H and O–H groups in total. The second-order valence-electron chi connectivity index (χ2n) is 6.06. The molecule has 20 heavy (non-hydrogen) atoms. The molecule has 2 heterocycles. The summed E-state index contributed by atoms with van der Waals surface area (Å²) < 4.78 is 5.54. The van der Waals surface area contributed by atoms with Gasteiger partial charge >= 0.3 is 6.01 Å². The Labute approximate surface area is 125 Å². The number of hydrogen-bond donors (Lipinski definition) is 0. The lowest BCUT2D eigenvalue weighted by Crippen LogP contribution is -2.46. The molecule has 0 spiro atoms. The Morgan fingerprint density at radius 1 is 1.20 bits per heavy atom. The molecule has 1 aliphatic rings. The number of halogens is 1. The van der Waals surface area contributed by atoms with Gasteiger partial charge in [-0.1, -0.05) is 13.8 Å². The largest absolute Gasteiger partial charge is 0.461 e. The first kappa shape index (κ1) is 15.3. The van der Waals surface area contributed by atoms with Crippen molar-refractivity contribution >= 4 is 17.5 Å². The minimum atomic E-state index is 0.0120. The van der Waals surface area contributed by atoms with Crippen LogP contribution in [0.15, 0.2) is 0 Å². The molecule has 0 amide bonds. The van der Waals surface area contributed by atoms with E-state index in [1.165, 1.54) is 6.42 Å². The van der Waals surface area contributed by atoms with E-state index in [1.54, 1.807) is 0 Å². The number of rotatable bonds is 3. The van der Waals surface area contributed by atoms with Gasteiger partial charge < -0.3 is 9.64 Å². The first-order valence-corrected chi connectivity index (χ1v) is 7.59. The highest BCUT2D eigenvalue weighted by Crippen LogP contribution is 2.30. The highest BCUT2D eigenvalue weighted by atomic mass is 35.5. The summed E-state index contributed by atoms with van der Waals surface area (Å²) in [7, 11) is 0. The minimum Gasteiger partial charge on any atom is -0.461 e. The predicted molar refractivity (Wildman–Crippen MR) is 80.4 cm³/mol. The van der Waals surface area contributed by atoms with Crippen molar-refractivity contribution in [3.8, 4) is 6.01 Å². The maximum atomic E-state index is 6.00. The van der Waals surface area contributed by atoms with Crippen LogP contribution in [0.3, 0.4) is 0 Å². The summed E-state index contributed by atoms with van der Waals surface area (Å²) in [6.45, 7) is 11.5. The summed E-state index contributed by atoms with van der Waals surface area (Å²) in [6, 6.07) is 0.685. The quantitative estimate of drug-likeness (QED) is 0.858. The molecule has 1 aromatic rings. The molecular weight excluding hydrogens is 276 g/mol. The molecule has 3 unspecified atom stereocenters. The number of ether oxygens (including phenoxy) is 1. The van der Waals surface area contributed by atoms with Crippen molar-refractivity contribution in [3.63, 3.8) is 0 Å². The lowest BCUT2D eigenvalue weighted by Gasteiger charge is -2.41. The average molecular weight is 299 g/mol. The highest BCUT2D eigenvalue weighted by Gasteiger charge is 2.31. The Balaban J connectivity index is 2.28. The topological polar surface area (TPSA) is 51.1 Å². The van der Waals surface area contributed by atoms with Gasteiger partial charge in [0.2, 0.25) is 11.2 Å². The van der Waals surface area contributed by atoms with Gasteiger partial charge in [-0.3, -0.25) is 0 Å². The first-order chi connectivity index (χ1) is 9.36. The molecule has 1 saturated heterocycles. The Morgan fingerprint density at radius 2 is 1.90 bits per heavy atom. The fourth-order valence-electron chi connectivity index (χ4n) is 2.69.